The summed E-state index contributed by atoms with van der Waals surface area (Å²) in [5, 5.41) is 3.00. The van der Waals surface area contributed by atoms with E-state index >= 15 is 0 Å². The van der Waals surface area contributed by atoms with Gasteiger partial charge in [-0.05, 0) is 26.4 Å². The average Bonchev–Trinajstić information content (AvgIpc) is 3.00. The highest BCUT2D eigenvalue weighted by Gasteiger charge is 2.25. The van der Waals surface area contributed by atoms with Gasteiger partial charge in [0, 0.05) is 25.7 Å². The van der Waals surface area contributed by atoms with Gasteiger partial charge in [0.15, 0.2) is 0 Å². The first-order valence-electron chi connectivity index (χ1n) is 5.93. The molecule has 0 radical (unpaired) electrons. The first-order valence-corrected chi connectivity index (χ1v) is 7.58. The van der Waals surface area contributed by atoms with Crippen molar-refractivity contribution < 1.29 is 8.42 Å². The topological polar surface area (TPSA) is 61.4 Å². The molecular weight excluding hydrogens is 226 g/mol. The van der Waals surface area contributed by atoms with Crippen molar-refractivity contribution in [2.24, 2.45) is 0 Å². The molecule has 0 spiro atoms. The highest BCUT2D eigenvalue weighted by atomic mass is 32.2. The molecule has 1 aliphatic rings. The smallest absolute Gasteiger partial charge is 0.212 e. The van der Waals surface area contributed by atoms with Crippen LogP contribution in [0.4, 0.5) is 0 Å². The molecule has 0 aliphatic heterocycles. The van der Waals surface area contributed by atoms with E-state index in [2.05, 4.69) is 14.9 Å². The van der Waals surface area contributed by atoms with E-state index in [0.29, 0.717) is 19.1 Å². The van der Waals surface area contributed by atoms with E-state index in [1.807, 2.05) is 14.0 Å². The molecule has 1 fully saturated rings. The molecule has 0 aromatic heterocycles. The largest absolute Gasteiger partial charge is 0.316 e. The Hall–Kier alpha value is -0.170. The summed E-state index contributed by atoms with van der Waals surface area (Å²) in [5.41, 5.74) is 0. The molecule has 0 bridgehead atoms. The van der Waals surface area contributed by atoms with Crippen molar-refractivity contribution in [3.05, 3.63) is 0 Å². The van der Waals surface area contributed by atoms with Crippen LogP contribution in [0.5, 0.6) is 0 Å². The molecule has 0 unspecified atom stereocenters. The quantitative estimate of drug-likeness (QED) is 0.546. The van der Waals surface area contributed by atoms with Crippen molar-refractivity contribution in [2.45, 2.75) is 25.8 Å². The molecule has 16 heavy (non-hydrogen) atoms. The molecule has 0 amide bonds. The van der Waals surface area contributed by atoms with Gasteiger partial charge in [-0.1, -0.05) is 6.92 Å². The predicted octanol–water partition coefficient (Wildman–Crippen LogP) is -0.390. The van der Waals surface area contributed by atoms with Crippen molar-refractivity contribution in [1.29, 1.82) is 0 Å². The lowest BCUT2D eigenvalue weighted by Gasteiger charge is -2.15. The van der Waals surface area contributed by atoms with Gasteiger partial charge in [-0.3, -0.25) is 0 Å². The van der Waals surface area contributed by atoms with Gasteiger partial charge in [-0.2, -0.15) is 0 Å². The minimum Gasteiger partial charge on any atom is -0.316 e. The number of hydrogen-bond acceptors (Lipinski definition) is 4. The Bertz CT molecular complexity index is 288. The monoisotopic (exact) mass is 249 g/mol. The zero-order valence-electron chi connectivity index (χ0n) is 10.2. The summed E-state index contributed by atoms with van der Waals surface area (Å²) in [4.78, 5) is 2.22. The molecule has 1 rings (SSSR count). The molecule has 1 aliphatic carbocycles. The van der Waals surface area contributed by atoms with Gasteiger partial charge in [0.25, 0.3) is 0 Å². The molecule has 6 heteroatoms. The number of hydrogen-bond donors (Lipinski definition) is 2. The third-order valence-electron chi connectivity index (χ3n) is 2.75. The third kappa shape index (κ3) is 5.79. The SMILES string of the molecule is CCNCCS(=O)(=O)NCCN(C)C1CC1. The zero-order valence-corrected chi connectivity index (χ0v) is 11.0. The molecule has 0 atom stereocenters. The Morgan fingerprint density at radius 3 is 2.56 bits per heavy atom. The van der Waals surface area contributed by atoms with Crippen LogP contribution >= 0.6 is 0 Å². The lowest BCUT2D eigenvalue weighted by atomic mass is 10.5. The molecule has 0 heterocycles. The molecule has 1 saturated carbocycles. The number of likely N-dealkylation sites (N-methyl/N-ethyl adjacent to an activating group) is 1. The van der Waals surface area contributed by atoms with E-state index in [0.717, 1.165) is 13.1 Å². The Morgan fingerprint density at radius 1 is 1.31 bits per heavy atom. The van der Waals surface area contributed by atoms with Crippen molar-refractivity contribution in [3.8, 4) is 0 Å². The van der Waals surface area contributed by atoms with Crippen LogP contribution in [0.2, 0.25) is 0 Å². The van der Waals surface area contributed by atoms with Gasteiger partial charge in [0.05, 0.1) is 5.75 Å². The van der Waals surface area contributed by atoms with Gasteiger partial charge in [-0.15, -0.1) is 0 Å². The minimum atomic E-state index is -3.09. The maximum atomic E-state index is 11.5. The maximum absolute atomic E-state index is 11.5. The molecule has 96 valence electrons. The number of rotatable bonds is 9. The van der Waals surface area contributed by atoms with Gasteiger partial charge < -0.3 is 10.2 Å². The van der Waals surface area contributed by atoms with Gasteiger partial charge in [-0.25, -0.2) is 13.1 Å². The molecule has 0 aromatic rings. The second kappa shape index (κ2) is 6.54. The highest BCUT2D eigenvalue weighted by Crippen LogP contribution is 2.24. The predicted molar refractivity (Wildman–Crippen MR) is 66.0 cm³/mol. The van der Waals surface area contributed by atoms with Crippen LogP contribution in [0.3, 0.4) is 0 Å². The van der Waals surface area contributed by atoms with Crippen LogP contribution in [-0.2, 0) is 10.0 Å². The second-order valence-corrected chi connectivity index (χ2v) is 6.20. The zero-order chi connectivity index (χ0) is 12.0. The number of nitrogens with zero attached hydrogens (tertiary/aromatic N) is 1. The van der Waals surface area contributed by atoms with E-state index in [-0.39, 0.29) is 5.75 Å². The average molecular weight is 249 g/mol. The fraction of sp³-hybridized carbons (Fsp3) is 1.00. The van der Waals surface area contributed by atoms with Gasteiger partial charge in [0.1, 0.15) is 0 Å². The number of nitrogens with one attached hydrogen (secondary N) is 2. The van der Waals surface area contributed by atoms with Crippen LogP contribution < -0.4 is 10.0 Å². The van der Waals surface area contributed by atoms with E-state index in [1.165, 1.54) is 12.8 Å². The van der Waals surface area contributed by atoms with Crippen LogP contribution in [0, 0.1) is 0 Å². The summed E-state index contributed by atoms with van der Waals surface area (Å²) in [7, 11) is -1.05. The highest BCUT2D eigenvalue weighted by molar-refractivity contribution is 7.89. The molecule has 0 saturated heterocycles. The van der Waals surface area contributed by atoms with Gasteiger partial charge in [0.2, 0.25) is 10.0 Å². The Morgan fingerprint density at radius 2 is 2.00 bits per heavy atom. The van der Waals surface area contributed by atoms with Crippen molar-refractivity contribution >= 4 is 10.0 Å². The Balaban J connectivity index is 2.09. The summed E-state index contributed by atoms with van der Waals surface area (Å²) < 4.78 is 25.6. The fourth-order valence-electron chi connectivity index (χ4n) is 1.53. The van der Waals surface area contributed by atoms with Crippen LogP contribution in [0.15, 0.2) is 0 Å². The molecular formula is C10H23N3O2S. The van der Waals surface area contributed by atoms with Crippen molar-refractivity contribution in [3.63, 3.8) is 0 Å². The maximum Gasteiger partial charge on any atom is 0.212 e. The molecule has 2 N–H and O–H groups in total. The lowest BCUT2D eigenvalue weighted by Crippen LogP contribution is -2.37. The van der Waals surface area contributed by atoms with Crippen molar-refractivity contribution in [1.82, 2.24) is 14.9 Å². The normalized spacial score (nSPS) is 16.9. The standard InChI is InChI=1S/C10H23N3O2S/c1-3-11-7-9-16(14,15)12-6-8-13(2)10-4-5-10/h10-12H,3-9H2,1-2H3. The first kappa shape index (κ1) is 13.9. The van der Waals surface area contributed by atoms with Crippen LogP contribution in [0.1, 0.15) is 19.8 Å². The molecule has 0 aromatic carbocycles. The van der Waals surface area contributed by atoms with Crippen LogP contribution in [-0.4, -0.2) is 58.3 Å². The van der Waals surface area contributed by atoms with Crippen molar-refractivity contribution in [2.75, 3.05) is 39.0 Å². The van der Waals surface area contributed by atoms with E-state index < -0.39 is 10.0 Å². The third-order valence-corrected chi connectivity index (χ3v) is 4.14. The molecule has 5 nitrogen and oxygen atoms in total. The summed E-state index contributed by atoms with van der Waals surface area (Å²) in [5.74, 6) is 0.161. The summed E-state index contributed by atoms with van der Waals surface area (Å²) in [6, 6.07) is 0.686. The van der Waals surface area contributed by atoms with E-state index in [4.69, 9.17) is 0 Å². The van der Waals surface area contributed by atoms with Gasteiger partial charge >= 0.3 is 0 Å². The summed E-state index contributed by atoms with van der Waals surface area (Å²) >= 11 is 0. The Kier molecular flexibility index (Phi) is 5.68. The lowest BCUT2D eigenvalue weighted by molar-refractivity contribution is 0.329. The first-order chi connectivity index (χ1) is 7.55. The minimum absolute atomic E-state index is 0.161. The second-order valence-electron chi connectivity index (χ2n) is 4.28. The van der Waals surface area contributed by atoms with E-state index in [1.54, 1.807) is 0 Å². The fourth-order valence-corrected chi connectivity index (χ4v) is 2.49. The van der Waals surface area contributed by atoms with E-state index in [9.17, 15) is 8.42 Å². The van der Waals surface area contributed by atoms with Crippen LogP contribution in [0.25, 0.3) is 0 Å². The number of sulfonamides is 1. The summed E-state index contributed by atoms with van der Waals surface area (Å²) in [6.45, 7) is 4.60. The Labute approximate surface area is 98.6 Å². The summed E-state index contributed by atoms with van der Waals surface area (Å²) in [6.07, 6.45) is 2.51.